The Bertz CT molecular complexity index is 726. The Hall–Kier alpha value is -2.08. The quantitative estimate of drug-likeness (QED) is 0.806. The van der Waals surface area contributed by atoms with Gasteiger partial charge in [-0.2, -0.15) is 0 Å². The average molecular weight is 344 g/mol. The van der Waals surface area contributed by atoms with Crippen LogP contribution < -0.4 is 9.47 Å². The van der Waals surface area contributed by atoms with E-state index >= 15 is 0 Å². The molecule has 0 atom stereocenters. The Morgan fingerprint density at radius 1 is 1.04 bits per heavy atom. The van der Waals surface area contributed by atoms with Crippen molar-refractivity contribution >= 4 is 0 Å². The van der Waals surface area contributed by atoms with Gasteiger partial charge in [0.15, 0.2) is 11.5 Å². The number of aromatic nitrogens is 3. The number of hydrogen-bond donors (Lipinski definition) is 0. The van der Waals surface area contributed by atoms with Gasteiger partial charge in [-0.25, -0.2) is 0 Å². The molecule has 1 aliphatic rings. The zero-order valence-corrected chi connectivity index (χ0v) is 15.7. The molecule has 0 unspecified atom stereocenters. The molecule has 0 saturated heterocycles. The van der Waals surface area contributed by atoms with Gasteiger partial charge < -0.3 is 14.0 Å². The SMILES string of the molecule is COc1cc(C)c(CN(C)Cc2nnc3n2CCCCC3)cc1OC. The third kappa shape index (κ3) is 3.95. The molecule has 3 rings (SSSR count). The first kappa shape index (κ1) is 17.7. The van der Waals surface area contributed by atoms with E-state index in [1.807, 2.05) is 6.07 Å². The van der Waals surface area contributed by atoms with Crippen molar-refractivity contribution in [3.8, 4) is 11.5 Å². The summed E-state index contributed by atoms with van der Waals surface area (Å²) in [7, 11) is 5.46. The van der Waals surface area contributed by atoms with Gasteiger partial charge in [0.1, 0.15) is 11.6 Å². The van der Waals surface area contributed by atoms with Gasteiger partial charge >= 0.3 is 0 Å². The van der Waals surface area contributed by atoms with Crippen molar-refractivity contribution in [3.05, 3.63) is 34.9 Å². The zero-order chi connectivity index (χ0) is 17.8. The van der Waals surface area contributed by atoms with Gasteiger partial charge in [0.25, 0.3) is 0 Å². The van der Waals surface area contributed by atoms with Crippen LogP contribution in [0.3, 0.4) is 0 Å². The standard InChI is InChI=1S/C19H28N4O2/c1-14-10-16(24-3)17(25-4)11-15(14)12-22(2)13-19-21-20-18-8-6-5-7-9-23(18)19/h10-11H,5-9,12-13H2,1-4H3. The van der Waals surface area contributed by atoms with Crippen molar-refractivity contribution in [2.45, 2.75) is 52.2 Å². The van der Waals surface area contributed by atoms with Crippen LogP contribution in [0.25, 0.3) is 0 Å². The number of hydrogen-bond acceptors (Lipinski definition) is 5. The van der Waals surface area contributed by atoms with E-state index in [-0.39, 0.29) is 0 Å². The lowest BCUT2D eigenvalue weighted by atomic mass is 10.1. The highest BCUT2D eigenvalue weighted by atomic mass is 16.5. The number of nitrogens with zero attached hydrogens (tertiary/aromatic N) is 4. The third-order valence-electron chi connectivity index (χ3n) is 4.88. The van der Waals surface area contributed by atoms with Crippen molar-refractivity contribution in [2.75, 3.05) is 21.3 Å². The Morgan fingerprint density at radius 3 is 2.56 bits per heavy atom. The molecule has 6 heteroatoms. The first-order chi connectivity index (χ1) is 12.1. The Balaban J connectivity index is 1.73. The number of ether oxygens (including phenoxy) is 2. The fourth-order valence-corrected chi connectivity index (χ4v) is 3.44. The first-order valence-electron chi connectivity index (χ1n) is 8.93. The molecule has 0 fully saturated rings. The monoisotopic (exact) mass is 344 g/mol. The molecule has 1 aliphatic heterocycles. The molecule has 0 bridgehead atoms. The molecule has 0 radical (unpaired) electrons. The molecular formula is C19H28N4O2. The van der Waals surface area contributed by atoms with Crippen LogP contribution >= 0.6 is 0 Å². The van der Waals surface area contributed by atoms with E-state index in [0.29, 0.717) is 0 Å². The summed E-state index contributed by atoms with van der Waals surface area (Å²) in [4.78, 5) is 2.27. The van der Waals surface area contributed by atoms with Crippen molar-refractivity contribution in [1.82, 2.24) is 19.7 Å². The molecule has 1 aromatic heterocycles. The second-order valence-corrected chi connectivity index (χ2v) is 6.80. The zero-order valence-electron chi connectivity index (χ0n) is 15.7. The van der Waals surface area contributed by atoms with E-state index in [0.717, 1.165) is 49.2 Å². The van der Waals surface area contributed by atoms with Gasteiger partial charge in [-0.15, -0.1) is 10.2 Å². The fraction of sp³-hybridized carbons (Fsp3) is 0.579. The second-order valence-electron chi connectivity index (χ2n) is 6.80. The number of methoxy groups -OCH3 is 2. The Labute approximate surface area is 149 Å². The Kier molecular flexibility index (Phi) is 5.58. The summed E-state index contributed by atoms with van der Waals surface area (Å²) >= 11 is 0. The van der Waals surface area contributed by atoms with Crippen LogP contribution in [0.15, 0.2) is 12.1 Å². The molecule has 25 heavy (non-hydrogen) atoms. The molecule has 0 aliphatic carbocycles. The van der Waals surface area contributed by atoms with Gasteiger partial charge in [0.2, 0.25) is 0 Å². The largest absolute Gasteiger partial charge is 0.493 e. The number of fused-ring (bicyclic) bond motifs is 1. The second kappa shape index (κ2) is 7.87. The van der Waals surface area contributed by atoms with E-state index in [1.165, 1.54) is 30.4 Å². The number of rotatable bonds is 6. The van der Waals surface area contributed by atoms with Crippen molar-refractivity contribution < 1.29 is 9.47 Å². The van der Waals surface area contributed by atoms with Gasteiger partial charge in [0, 0.05) is 19.5 Å². The lowest BCUT2D eigenvalue weighted by molar-refractivity contribution is 0.301. The van der Waals surface area contributed by atoms with Crippen LogP contribution in [-0.4, -0.2) is 40.9 Å². The summed E-state index contributed by atoms with van der Waals surface area (Å²) in [6.07, 6.45) is 4.77. The molecule has 0 saturated carbocycles. The van der Waals surface area contributed by atoms with E-state index in [9.17, 15) is 0 Å². The van der Waals surface area contributed by atoms with E-state index in [1.54, 1.807) is 14.2 Å². The summed E-state index contributed by atoms with van der Waals surface area (Å²) in [5, 5.41) is 8.83. The summed E-state index contributed by atoms with van der Waals surface area (Å²) in [5.74, 6) is 3.75. The van der Waals surface area contributed by atoms with Crippen molar-refractivity contribution in [3.63, 3.8) is 0 Å². The summed E-state index contributed by atoms with van der Waals surface area (Å²) in [6, 6.07) is 4.10. The van der Waals surface area contributed by atoms with E-state index < -0.39 is 0 Å². The predicted molar refractivity (Wildman–Crippen MR) is 97.0 cm³/mol. The van der Waals surface area contributed by atoms with Gasteiger partial charge in [-0.05, 0) is 50.1 Å². The highest BCUT2D eigenvalue weighted by molar-refractivity contribution is 5.47. The van der Waals surface area contributed by atoms with Crippen LogP contribution in [0.5, 0.6) is 11.5 Å². The molecule has 0 amide bonds. The summed E-state index contributed by atoms with van der Waals surface area (Å²) < 4.78 is 13.1. The summed E-state index contributed by atoms with van der Waals surface area (Å²) in [5.41, 5.74) is 2.43. The molecule has 1 aromatic carbocycles. The Morgan fingerprint density at radius 2 is 1.80 bits per heavy atom. The minimum atomic E-state index is 0.771. The van der Waals surface area contributed by atoms with Crippen LogP contribution in [0, 0.1) is 6.92 Å². The van der Waals surface area contributed by atoms with Gasteiger partial charge in [-0.3, -0.25) is 4.90 Å². The predicted octanol–water partition coefficient (Wildman–Crippen LogP) is 2.96. The number of benzene rings is 1. The van der Waals surface area contributed by atoms with E-state index in [2.05, 4.69) is 39.7 Å². The summed E-state index contributed by atoms with van der Waals surface area (Å²) in [6.45, 7) is 4.77. The number of aryl methyl sites for hydroxylation is 2. The molecule has 6 nitrogen and oxygen atoms in total. The maximum absolute atomic E-state index is 5.44. The minimum absolute atomic E-state index is 0.771. The highest BCUT2D eigenvalue weighted by Crippen LogP contribution is 2.30. The van der Waals surface area contributed by atoms with Crippen molar-refractivity contribution in [2.24, 2.45) is 0 Å². The first-order valence-corrected chi connectivity index (χ1v) is 8.93. The molecule has 0 spiro atoms. The maximum atomic E-state index is 5.44. The van der Waals surface area contributed by atoms with Crippen LogP contribution in [0.1, 0.15) is 42.0 Å². The van der Waals surface area contributed by atoms with E-state index in [4.69, 9.17) is 9.47 Å². The molecule has 2 aromatic rings. The fourth-order valence-electron chi connectivity index (χ4n) is 3.44. The van der Waals surface area contributed by atoms with Gasteiger partial charge in [0.05, 0.1) is 20.8 Å². The third-order valence-corrected chi connectivity index (χ3v) is 4.88. The maximum Gasteiger partial charge on any atom is 0.161 e. The molecule has 2 heterocycles. The van der Waals surface area contributed by atoms with Gasteiger partial charge in [-0.1, -0.05) is 6.42 Å². The highest BCUT2D eigenvalue weighted by Gasteiger charge is 2.17. The normalized spacial score (nSPS) is 14.3. The topological polar surface area (TPSA) is 52.4 Å². The smallest absolute Gasteiger partial charge is 0.161 e. The molecule has 0 N–H and O–H groups in total. The van der Waals surface area contributed by atoms with Crippen molar-refractivity contribution in [1.29, 1.82) is 0 Å². The van der Waals surface area contributed by atoms with Crippen LogP contribution in [-0.2, 0) is 26.1 Å². The van der Waals surface area contributed by atoms with Crippen LogP contribution in [0.4, 0.5) is 0 Å². The minimum Gasteiger partial charge on any atom is -0.493 e. The molecule has 136 valence electrons. The lowest BCUT2D eigenvalue weighted by Gasteiger charge is -2.19. The lowest BCUT2D eigenvalue weighted by Crippen LogP contribution is -2.21. The molecular weight excluding hydrogens is 316 g/mol. The van der Waals surface area contributed by atoms with Crippen LogP contribution in [0.2, 0.25) is 0 Å². The average Bonchev–Trinajstić information content (AvgIpc) is 2.82.